The third-order valence-electron chi connectivity index (χ3n) is 5.68. The molecule has 3 rings (SSSR count). The first-order valence-electron chi connectivity index (χ1n) is 10.2. The van der Waals surface area contributed by atoms with E-state index in [2.05, 4.69) is 0 Å². The van der Waals surface area contributed by atoms with Crippen molar-refractivity contribution in [3.63, 3.8) is 0 Å². The minimum atomic E-state index is -4.92. The van der Waals surface area contributed by atoms with Gasteiger partial charge in [0.25, 0.3) is 5.91 Å². The normalized spacial score (nSPS) is 22.0. The SMILES string of the molecule is CN(C#N)C(=O)[C@@H]1C[C@@H](S(=O)(=O)c2ccccc2C(F)(F)F)CN1OC(=O)OC1CCCC1. The number of sulfone groups is 1. The van der Waals surface area contributed by atoms with E-state index in [0.717, 1.165) is 43.2 Å². The van der Waals surface area contributed by atoms with E-state index in [9.17, 15) is 31.2 Å². The van der Waals surface area contributed by atoms with Crippen molar-refractivity contribution < 1.29 is 40.8 Å². The number of hydrogen-bond acceptors (Lipinski definition) is 8. The van der Waals surface area contributed by atoms with Crippen LogP contribution in [0.1, 0.15) is 37.7 Å². The van der Waals surface area contributed by atoms with Crippen LogP contribution < -0.4 is 0 Å². The Balaban J connectivity index is 1.87. The van der Waals surface area contributed by atoms with Crippen molar-refractivity contribution in [1.29, 1.82) is 5.26 Å². The fourth-order valence-electron chi connectivity index (χ4n) is 3.98. The molecular weight excluding hydrogens is 467 g/mol. The summed E-state index contributed by atoms with van der Waals surface area (Å²) >= 11 is 0. The zero-order valence-electron chi connectivity index (χ0n) is 17.6. The lowest BCUT2D eigenvalue weighted by Crippen LogP contribution is -2.43. The molecule has 13 heteroatoms. The predicted octanol–water partition coefficient (Wildman–Crippen LogP) is 2.87. The van der Waals surface area contributed by atoms with Crippen LogP contribution in [-0.4, -0.2) is 61.4 Å². The van der Waals surface area contributed by atoms with E-state index in [0.29, 0.717) is 23.8 Å². The molecule has 9 nitrogen and oxygen atoms in total. The van der Waals surface area contributed by atoms with Crippen molar-refractivity contribution >= 4 is 21.9 Å². The summed E-state index contributed by atoms with van der Waals surface area (Å²) in [7, 11) is -3.45. The summed E-state index contributed by atoms with van der Waals surface area (Å²) < 4.78 is 71.6. The van der Waals surface area contributed by atoms with Gasteiger partial charge in [0.2, 0.25) is 0 Å². The quantitative estimate of drug-likeness (QED) is 0.352. The van der Waals surface area contributed by atoms with E-state index in [1.54, 1.807) is 6.19 Å². The van der Waals surface area contributed by atoms with Crippen LogP contribution in [0.15, 0.2) is 29.2 Å². The van der Waals surface area contributed by atoms with Gasteiger partial charge in [-0.2, -0.15) is 18.4 Å². The van der Waals surface area contributed by atoms with Gasteiger partial charge in [-0.1, -0.05) is 12.1 Å². The van der Waals surface area contributed by atoms with E-state index in [1.807, 2.05) is 0 Å². The first-order chi connectivity index (χ1) is 15.4. The van der Waals surface area contributed by atoms with E-state index in [-0.39, 0.29) is 6.10 Å². The van der Waals surface area contributed by atoms with Gasteiger partial charge in [-0.05, 0) is 44.2 Å². The molecule has 1 aliphatic heterocycles. The molecule has 2 aliphatic rings. The van der Waals surface area contributed by atoms with Crippen LogP contribution >= 0.6 is 0 Å². The molecule has 0 bridgehead atoms. The van der Waals surface area contributed by atoms with Crippen LogP contribution in [0.4, 0.5) is 18.0 Å². The summed E-state index contributed by atoms with van der Waals surface area (Å²) in [5, 5.41) is 8.28. The molecule has 0 aromatic heterocycles. The molecule has 0 spiro atoms. The van der Waals surface area contributed by atoms with Crippen molar-refractivity contribution in [1.82, 2.24) is 9.96 Å². The minimum Gasteiger partial charge on any atom is -0.430 e. The molecule has 2 fully saturated rings. The van der Waals surface area contributed by atoms with E-state index >= 15 is 0 Å². The number of hydrogen-bond donors (Lipinski definition) is 0. The van der Waals surface area contributed by atoms with Crippen LogP contribution in [0.2, 0.25) is 0 Å². The number of hydroxylamine groups is 2. The fraction of sp³-hybridized carbons (Fsp3) is 0.550. The molecular formula is C20H22F3N3O6S. The number of rotatable bonds is 5. The Morgan fingerprint density at radius 3 is 2.45 bits per heavy atom. The summed E-state index contributed by atoms with van der Waals surface area (Å²) in [6.45, 7) is -0.566. The Morgan fingerprint density at radius 1 is 1.21 bits per heavy atom. The van der Waals surface area contributed by atoms with Crippen molar-refractivity contribution in [2.75, 3.05) is 13.6 Å². The molecule has 1 saturated heterocycles. The number of ether oxygens (including phenoxy) is 1. The van der Waals surface area contributed by atoms with Gasteiger partial charge in [-0.15, -0.1) is 5.06 Å². The Bertz CT molecular complexity index is 1050. The molecule has 0 unspecified atom stereocenters. The van der Waals surface area contributed by atoms with Crippen molar-refractivity contribution in [2.45, 2.75) is 60.6 Å². The van der Waals surface area contributed by atoms with Gasteiger partial charge in [-0.25, -0.2) is 13.2 Å². The first-order valence-corrected chi connectivity index (χ1v) is 11.7. The van der Waals surface area contributed by atoms with Crippen molar-refractivity contribution in [2.24, 2.45) is 0 Å². The van der Waals surface area contributed by atoms with E-state index in [1.165, 1.54) is 0 Å². The van der Waals surface area contributed by atoms with Gasteiger partial charge >= 0.3 is 12.3 Å². The highest BCUT2D eigenvalue weighted by Gasteiger charge is 2.48. The van der Waals surface area contributed by atoms with Crippen molar-refractivity contribution in [3.05, 3.63) is 29.8 Å². The van der Waals surface area contributed by atoms with Gasteiger partial charge in [-0.3, -0.25) is 9.69 Å². The highest BCUT2D eigenvalue weighted by atomic mass is 32.2. The minimum absolute atomic E-state index is 0.366. The highest BCUT2D eigenvalue weighted by Crippen LogP contribution is 2.37. The summed E-state index contributed by atoms with van der Waals surface area (Å²) in [6.07, 6.45) is -2.31. The molecule has 1 aliphatic carbocycles. The average Bonchev–Trinajstić information content (AvgIpc) is 3.42. The number of amides is 1. The van der Waals surface area contributed by atoms with Crippen LogP contribution in [0, 0.1) is 11.5 Å². The zero-order valence-corrected chi connectivity index (χ0v) is 18.4. The predicted molar refractivity (Wildman–Crippen MR) is 106 cm³/mol. The third kappa shape index (κ3) is 5.39. The summed E-state index contributed by atoms with van der Waals surface area (Å²) in [5.74, 6) is -0.868. The number of nitrogens with zero attached hydrogens (tertiary/aromatic N) is 3. The molecule has 180 valence electrons. The molecule has 2 atom stereocenters. The number of alkyl halides is 3. The fourth-order valence-corrected chi connectivity index (χ4v) is 5.88. The molecule has 1 saturated carbocycles. The number of carbonyl (C=O) groups is 2. The summed E-state index contributed by atoms with van der Waals surface area (Å²) in [4.78, 5) is 29.6. The second-order valence-corrected chi connectivity index (χ2v) is 10.1. The highest BCUT2D eigenvalue weighted by molar-refractivity contribution is 7.92. The molecule has 1 heterocycles. The van der Waals surface area contributed by atoms with Crippen LogP contribution in [0.5, 0.6) is 0 Å². The smallest absolute Gasteiger partial charge is 0.430 e. The van der Waals surface area contributed by atoms with Crippen LogP contribution in [0.25, 0.3) is 0 Å². The second-order valence-electron chi connectivity index (χ2n) is 7.87. The Labute approximate surface area is 188 Å². The zero-order chi connectivity index (χ0) is 24.4. The molecule has 0 radical (unpaired) electrons. The summed E-state index contributed by atoms with van der Waals surface area (Å²) in [6, 6.07) is 2.34. The molecule has 33 heavy (non-hydrogen) atoms. The number of nitriles is 1. The van der Waals surface area contributed by atoms with E-state index in [4.69, 9.17) is 14.8 Å². The Hall–Kier alpha value is -2.85. The lowest BCUT2D eigenvalue weighted by Gasteiger charge is -2.23. The van der Waals surface area contributed by atoms with Gasteiger partial charge < -0.3 is 9.57 Å². The first kappa shape index (κ1) is 24.8. The third-order valence-corrected chi connectivity index (χ3v) is 7.87. The number of halogens is 3. The van der Waals surface area contributed by atoms with Gasteiger partial charge in [0.1, 0.15) is 12.1 Å². The lowest BCUT2D eigenvalue weighted by molar-refractivity contribution is -0.163. The maximum atomic E-state index is 13.4. The van der Waals surface area contributed by atoms with Crippen LogP contribution in [-0.2, 0) is 30.4 Å². The van der Waals surface area contributed by atoms with Gasteiger partial charge in [0.05, 0.1) is 22.3 Å². The van der Waals surface area contributed by atoms with Crippen LogP contribution in [0.3, 0.4) is 0 Å². The Morgan fingerprint density at radius 2 is 1.85 bits per heavy atom. The van der Waals surface area contributed by atoms with Crippen molar-refractivity contribution in [3.8, 4) is 6.19 Å². The average molecular weight is 489 g/mol. The van der Waals surface area contributed by atoms with Gasteiger partial charge in [0.15, 0.2) is 16.0 Å². The monoisotopic (exact) mass is 489 g/mol. The maximum absolute atomic E-state index is 13.4. The molecule has 1 aromatic carbocycles. The Kier molecular flexibility index (Phi) is 7.18. The lowest BCUT2D eigenvalue weighted by atomic mass is 10.2. The molecule has 0 N–H and O–H groups in total. The molecule has 1 amide bonds. The standard InChI is InChI=1S/C20H22F3N3O6S/c1-25(12-24)18(27)16-10-14(11-26(16)32-19(28)31-13-6-2-3-7-13)33(29,30)17-9-5-4-8-15(17)20(21,22)23/h4-5,8-9,13-14,16H,2-3,6-7,10-11H2,1H3/t14-,16+/m1/s1. The van der Waals surface area contributed by atoms with E-state index < -0.39 is 62.8 Å². The second kappa shape index (κ2) is 9.56. The molecule has 1 aromatic rings. The number of likely N-dealkylation sites (N-methyl/N-ethyl adjacent to an activating group) is 1. The van der Waals surface area contributed by atoms with Gasteiger partial charge in [0, 0.05) is 7.05 Å². The summed E-state index contributed by atoms with van der Waals surface area (Å²) in [5.41, 5.74) is -1.33. The topological polar surface area (TPSA) is 117 Å². The largest absolute Gasteiger partial charge is 0.528 e. The number of carbonyl (C=O) groups excluding carboxylic acids is 2. The number of benzene rings is 1. The maximum Gasteiger partial charge on any atom is 0.528 e.